The number of anilines is 2. The number of hydrazone groups is 2. The molecule has 4 aromatic carbocycles. The monoisotopic (exact) mass is 531 g/mol. The third-order valence-electron chi connectivity index (χ3n) is 6.70. The molecule has 2 aliphatic heterocycles. The first-order chi connectivity index (χ1) is 19.1. The number of thioether (sulfide) groups is 1. The smallest absolute Gasteiger partial charge is 0.258 e. The van der Waals surface area contributed by atoms with E-state index in [9.17, 15) is 10.1 Å². The van der Waals surface area contributed by atoms with Gasteiger partial charge in [0.25, 0.3) is 5.69 Å². The quantitative estimate of drug-likeness (QED) is 0.194. The number of aryl methyl sites for hydroxylation is 1. The summed E-state index contributed by atoms with van der Waals surface area (Å²) in [7, 11) is 0. The van der Waals surface area contributed by atoms with E-state index >= 15 is 0 Å². The zero-order chi connectivity index (χ0) is 26.8. The van der Waals surface area contributed by atoms with Crippen LogP contribution in [0.4, 0.5) is 17.1 Å². The van der Waals surface area contributed by atoms with Gasteiger partial charge in [0.1, 0.15) is 5.04 Å². The van der Waals surface area contributed by atoms with Gasteiger partial charge in [-0.1, -0.05) is 67.6 Å². The molecule has 7 nitrogen and oxygen atoms in total. The van der Waals surface area contributed by atoms with Crippen molar-refractivity contribution in [2.24, 2.45) is 10.2 Å². The van der Waals surface area contributed by atoms with Crippen LogP contribution in [-0.2, 0) is 6.42 Å². The van der Waals surface area contributed by atoms with Crippen molar-refractivity contribution in [1.82, 2.24) is 0 Å². The lowest BCUT2D eigenvalue weighted by Gasteiger charge is -2.43. The number of hydrogen-bond donors (Lipinski definition) is 0. The van der Waals surface area contributed by atoms with Gasteiger partial charge in [0, 0.05) is 23.3 Å². The fraction of sp³-hybridized carbons (Fsp3) is 0.0968. The van der Waals surface area contributed by atoms with Crippen molar-refractivity contribution in [3.8, 4) is 0 Å². The van der Waals surface area contributed by atoms with Crippen LogP contribution in [0.15, 0.2) is 132 Å². The summed E-state index contributed by atoms with van der Waals surface area (Å²) in [6.07, 6.45) is 5.17. The Hall–Kier alpha value is -4.69. The van der Waals surface area contributed by atoms with Crippen molar-refractivity contribution in [3.63, 3.8) is 0 Å². The maximum absolute atomic E-state index is 11.2. The second-order valence-electron chi connectivity index (χ2n) is 9.13. The molecule has 1 spiro atoms. The number of para-hydroxylation sites is 2. The molecule has 8 heteroatoms. The van der Waals surface area contributed by atoms with Crippen LogP contribution in [0.3, 0.4) is 0 Å². The number of nitro benzene ring substituents is 1. The summed E-state index contributed by atoms with van der Waals surface area (Å²) in [5.74, 6) is 0. The number of nitrogens with zero attached hydrogens (tertiary/aromatic N) is 5. The van der Waals surface area contributed by atoms with Crippen LogP contribution in [0.5, 0.6) is 0 Å². The lowest BCUT2D eigenvalue weighted by molar-refractivity contribution is -0.384. The second kappa shape index (κ2) is 10.2. The Morgan fingerprint density at radius 3 is 1.90 bits per heavy atom. The molecule has 6 rings (SSSR count). The Morgan fingerprint density at radius 2 is 1.33 bits per heavy atom. The number of allylic oxidation sites excluding steroid dienone is 1. The summed E-state index contributed by atoms with van der Waals surface area (Å²) in [6.45, 7) is 2.14. The molecule has 4 aromatic rings. The van der Waals surface area contributed by atoms with Gasteiger partial charge < -0.3 is 0 Å². The predicted octanol–water partition coefficient (Wildman–Crippen LogP) is 7.21. The highest BCUT2D eigenvalue weighted by atomic mass is 32.2. The Morgan fingerprint density at radius 1 is 0.769 bits per heavy atom. The van der Waals surface area contributed by atoms with Crippen molar-refractivity contribution in [3.05, 3.63) is 148 Å². The summed E-state index contributed by atoms with van der Waals surface area (Å²) in [5.41, 5.74) is 5.82. The first-order valence-corrected chi connectivity index (χ1v) is 13.5. The van der Waals surface area contributed by atoms with E-state index in [0.29, 0.717) is 0 Å². The van der Waals surface area contributed by atoms with Gasteiger partial charge in [0.15, 0.2) is 0 Å². The molecule has 0 saturated heterocycles. The van der Waals surface area contributed by atoms with E-state index in [-0.39, 0.29) is 5.69 Å². The van der Waals surface area contributed by atoms with Crippen LogP contribution >= 0.6 is 11.8 Å². The number of nitro groups is 1. The van der Waals surface area contributed by atoms with Gasteiger partial charge in [-0.2, -0.15) is 10.2 Å². The predicted molar refractivity (Wildman–Crippen MR) is 159 cm³/mol. The first kappa shape index (κ1) is 24.6. The third-order valence-corrected chi connectivity index (χ3v) is 7.99. The zero-order valence-electron chi connectivity index (χ0n) is 21.2. The Bertz CT molecular complexity index is 1590. The highest BCUT2D eigenvalue weighted by Crippen LogP contribution is 2.49. The van der Waals surface area contributed by atoms with E-state index in [4.69, 9.17) is 10.2 Å². The molecule has 0 aromatic heterocycles. The fourth-order valence-electron chi connectivity index (χ4n) is 4.61. The first-order valence-electron chi connectivity index (χ1n) is 12.7. The number of rotatable bonds is 6. The second-order valence-corrected chi connectivity index (χ2v) is 10.3. The van der Waals surface area contributed by atoms with Gasteiger partial charge in [-0.05, 0) is 72.3 Å². The molecule has 1 unspecified atom stereocenters. The lowest BCUT2D eigenvalue weighted by atomic mass is 10.0. The highest BCUT2D eigenvalue weighted by molar-refractivity contribution is 8.16. The molecule has 0 radical (unpaired) electrons. The minimum Gasteiger partial charge on any atom is -0.258 e. The molecule has 0 bridgehead atoms. The summed E-state index contributed by atoms with van der Waals surface area (Å²) in [5, 5.41) is 26.2. The molecule has 2 aliphatic rings. The average Bonchev–Trinajstić information content (AvgIpc) is 3.38. The summed E-state index contributed by atoms with van der Waals surface area (Å²) < 4.78 is 0. The van der Waals surface area contributed by atoms with Gasteiger partial charge in [0.2, 0.25) is 4.99 Å². The minimum atomic E-state index is -0.841. The van der Waals surface area contributed by atoms with Gasteiger partial charge >= 0.3 is 0 Å². The fourth-order valence-corrected chi connectivity index (χ4v) is 5.87. The number of benzene rings is 4. The van der Waals surface area contributed by atoms with E-state index in [1.165, 1.54) is 17.7 Å². The van der Waals surface area contributed by atoms with Crippen molar-refractivity contribution in [2.75, 3.05) is 10.0 Å². The Labute approximate surface area is 230 Å². The molecule has 0 saturated carbocycles. The minimum absolute atomic E-state index is 0.0452. The van der Waals surface area contributed by atoms with Crippen molar-refractivity contribution < 1.29 is 4.92 Å². The van der Waals surface area contributed by atoms with Gasteiger partial charge in [-0.15, -0.1) is 0 Å². The summed E-state index contributed by atoms with van der Waals surface area (Å²) in [6, 6.07) is 35.0. The Balaban J connectivity index is 1.48. The summed E-state index contributed by atoms with van der Waals surface area (Å²) in [4.78, 5) is 9.99. The molecule has 0 aliphatic carbocycles. The number of hydrogen-bond acceptors (Lipinski definition) is 7. The number of non-ortho nitro benzene ring substituents is 1. The van der Waals surface area contributed by atoms with Gasteiger partial charge in [-0.25, -0.2) is 10.0 Å². The van der Waals surface area contributed by atoms with Crippen molar-refractivity contribution in [1.29, 1.82) is 0 Å². The van der Waals surface area contributed by atoms with Crippen LogP contribution in [0.25, 0.3) is 0 Å². The van der Waals surface area contributed by atoms with Crippen LogP contribution in [0, 0.1) is 10.1 Å². The standard InChI is InChI=1S/C31H25N5O2S/c1-2-23-13-15-24(16-14-23)29-21-22-31(34(32-29)26-9-5-3-6-10-26)35(27-11-7-4-8-12-27)33-30(39-31)25-17-19-28(20-18-25)36(37)38/h3-22H,2H2,1H3. The molecule has 192 valence electrons. The molecular weight excluding hydrogens is 506 g/mol. The van der Waals surface area contributed by atoms with E-state index in [1.807, 2.05) is 70.7 Å². The van der Waals surface area contributed by atoms with E-state index in [1.54, 1.807) is 23.9 Å². The van der Waals surface area contributed by atoms with Gasteiger partial charge in [-0.3, -0.25) is 10.1 Å². The highest BCUT2D eigenvalue weighted by Gasteiger charge is 2.50. The van der Waals surface area contributed by atoms with Gasteiger partial charge in [0.05, 0.1) is 22.0 Å². The van der Waals surface area contributed by atoms with Crippen LogP contribution < -0.4 is 10.0 Å². The summed E-state index contributed by atoms with van der Waals surface area (Å²) >= 11 is 1.55. The molecular formula is C31H25N5O2S. The van der Waals surface area contributed by atoms with Crippen LogP contribution in [0.2, 0.25) is 0 Å². The van der Waals surface area contributed by atoms with Crippen molar-refractivity contribution >= 4 is 39.6 Å². The third kappa shape index (κ3) is 4.59. The lowest BCUT2D eigenvalue weighted by Crippen LogP contribution is -2.53. The molecule has 0 N–H and O–H groups in total. The maximum atomic E-state index is 11.2. The Kier molecular flexibility index (Phi) is 6.46. The molecule has 2 heterocycles. The molecule has 0 amide bonds. The maximum Gasteiger partial charge on any atom is 0.269 e. The van der Waals surface area contributed by atoms with Crippen LogP contribution in [0.1, 0.15) is 23.6 Å². The van der Waals surface area contributed by atoms with E-state index < -0.39 is 9.92 Å². The van der Waals surface area contributed by atoms with E-state index in [2.05, 4.69) is 43.3 Å². The average molecular weight is 532 g/mol. The zero-order valence-corrected chi connectivity index (χ0v) is 22.0. The normalized spacial score (nSPS) is 18.3. The topological polar surface area (TPSA) is 74.3 Å². The largest absolute Gasteiger partial charge is 0.269 e. The SMILES string of the molecule is CCc1ccc(C2=NN(c3ccccc3)C3(C=C2)SC(c2ccc([N+](=O)[O-])cc2)=NN3c2ccccc2)cc1. The molecule has 1 atom stereocenters. The van der Waals surface area contributed by atoms with E-state index in [0.717, 1.165) is 39.7 Å². The van der Waals surface area contributed by atoms with Crippen molar-refractivity contribution in [2.45, 2.75) is 18.3 Å². The molecule has 39 heavy (non-hydrogen) atoms. The van der Waals surface area contributed by atoms with Crippen LogP contribution in [-0.4, -0.2) is 20.7 Å². The molecule has 0 fully saturated rings.